The van der Waals surface area contributed by atoms with Gasteiger partial charge in [0.05, 0.1) is 37.9 Å². The lowest BCUT2D eigenvalue weighted by Crippen LogP contribution is -2.40. The molecule has 3 aromatic rings. The second-order valence-electron chi connectivity index (χ2n) is 6.03. The minimum absolute atomic E-state index is 0.108. The molecule has 0 bridgehead atoms. The summed E-state index contributed by atoms with van der Waals surface area (Å²) in [6.45, 7) is 2.23. The molecule has 4 rings (SSSR count). The van der Waals surface area contributed by atoms with Crippen molar-refractivity contribution in [3.8, 4) is 22.8 Å². The second kappa shape index (κ2) is 7.55. The number of carbonyl (C=O) groups is 1. The minimum atomic E-state index is -0.108. The molecule has 27 heavy (non-hydrogen) atoms. The maximum Gasteiger partial charge on any atom is 0.274 e. The average Bonchev–Trinajstić information content (AvgIpc) is 3.20. The number of hydrogen-bond donors (Lipinski definition) is 0. The fraction of sp³-hybridized carbons (Fsp3) is 0.263. The van der Waals surface area contributed by atoms with Gasteiger partial charge in [-0.25, -0.2) is 9.67 Å². The highest BCUT2D eigenvalue weighted by Gasteiger charge is 2.23. The smallest absolute Gasteiger partial charge is 0.274 e. The molecule has 0 aliphatic carbocycles. The molecule has 8 nitrogen and oxygen atoms in total. The van der Waals surface area contributed by atoms with Crippen LogP contribution in [0.4, 0.5) is 0 Å². The number of amides is 1. The van der Waals surface area contributed by atoms with Crippen LogP contribution in [0.5, 0.6) is 5.88 Å². The Morgan fingerprint density at radius 2 is 2.04 bits per heavy atom. The SMILES string of the molecule is COc1ccc(-c2cc(C(=O)N3CCOCC3)nn2-c2cccnc2)cn1. The standard InChI is InChI=1S/C19H19N5O3/c1-26-18-5-4-14(12-21-18)17-11-16(19(25)23-7-9-27-10-8-23)22-24(17)15-3-2-6-20-13-15/h2-6,11-13H,7-10H2,1H3. The monoisotopic (exact) mass is 365 g/mol. The Hall–Kier alpha value is -3.26. The van der Waals surface area contributed by atoms with Crippen LogP contribution in [0.2, 0.25) is 0 Å². The number of hydrogen-bond acceptors (Lipinski definition) is 6. The highest BCUT2D eigenvalue weighted by Crippen LogP contribution is 2.25. The summed E-state index contributed by atoms with van der Waals surface area (Å²) in [5.41, 5.74) is 2.74. The molecule has 8 heteroatoms. The van der Waals surface area contributed by atoms with Crippen LogP contribution in [0.15, 0.2) is 48.9 Å². The lowest BCUT2D eigenvalue weighted by molar-refractivity contribution is 0.0298. The van der Waals surface area contributed by atoms with Crippen LogP contribution in [0.1, 0.15) is 10.5 Å². The van der Waals surface area contributed by atoms with Gasteiger partial charge < -0.3 is 14.4 Å². The molecule has 0 unspecified atom stereocenters. The number of rotatable bonds is 4. The van der Waals surface area contributed by atoms with E-state index < -0.39 is 0 Å². The third-order valence-electron chi connectivity index (χ3n) is 4.36. The summed E-state index contributed by atoms with van der Waals surface area (Å²) in [7, 11) is 1.57. The Morgan fingerprint density at radius 3 is 2.70 bits per heavy atom. The van der Waals surface area contributed by atoms with Crippen molar-refractivity contribution in [1.29, 1.82) is 0 Å². The normalized spacial score (nSPS) is 14.2. The molecule has 0 radical (unpaired) electrons. The van der Waals surface area contributed by atoms with Gasteiger partial charge in [-0.15, -0.1) is 0 Å². The molecule has 0 spiro atoms. The number of methoxy groups -OCH3 is 1. The first-order valence-corrected chi connectivity index (χ1v) is 8.64. The van der Waals surface area contributed by atoms with Crippen LogP contribution < -0.4 is 4.74 Å². The molecule has 0 N–H and O–H groups in total. The number of pyridine rings is 2. The summed E-state index contributed by atoms with van der Waals surface area (Å²) in [5, 5.41) is 4.56. The molecule has 1 amide bonds. The van der Waals surface area contributed by atoms with Crippen molar-refractivity contribution in [2.75, 3.05) is 33.4 Å². The van der Waals surface area contributed by atoms with E-state index in [1.54, 1.807) is 47.4 Å². The second-order valence-corrected chi connectivity index (χ2v) is 6.03. The van der Waals surface area contributed by atoms with E-state index >= 15 is 0 Å². The highest BCUT2D eigenvalue weighted by molar-refractivity contribution is 5.93. The fourth-order valence-corrected chi connectivity index (χ4v) is 2.95. The van der Waals surface area contributed by atoms with Crippen LogP contribution in [0.25, 0.3) is 16.9 Å². The molecule has 1 aliphatic heterocycles. The first kappa shape index (κ1) is 17.2. The molecular weight excluding hydrogens is 346 g/mol. The van der Waals surface area contributed by atoms with Crippen LogP contribution >= 0.6 is 0 Å². The Morgan fingerprint density at radius 1 is 1.19 bits per heavy atom. The molecular formula is C19H19N5O3. The third kappa shape index (κ3) is 3.52. The van der Waals surface area contributed by atoms with E-state index in [-0.39, 0.29) is 5.91 Å². The number of ether oxygens (including phenoxy) is 2. The lowest BCUT2D eigenvalue weighted by atomic mass is 10.2. The van der Waals surface area contributed by atoms with Gasteiger partial charge in [0.25, 0.3) is 5.91 Å². The summed E-state index contributed by atoms with van der Waals surface area (Å²) in [6, 6.07) is 9.17. The van der Waals surface area contributed by atoms with Crippen molar-refractivity contribution in [2.24, 2.45) is 0 Å². The number of aromatic nitrogens is 4. The molecule has 1 aliphatic rings. The Balaban J connectivity index is 1.75. The quantitative estimate of drug-likeness (QED) is 0.701. The minimum Gasteiger partial charge on any atom is -0.481 e. The average molecular weight is 365 g/mol. The topological polar surface area (TPSA) is 82.4 Å². The van der Waals surface area contributed by atoms with Crippen molar-refractivity contribution in [2.45, 2.75) is 0 Å². The van der Waals surface area contributed by atoms with Gasteiger partial charge in [-0.1, -0.05) is 0 Å². The number of carbonyl (C=O) groups excluding carboxylic acids is 1. The molecule has 0 atom stereocenters. The third-order valence-corrected chi connectivity index (χ3v) is 4.36. The summed E-state index contributed by atoms with van der Waals surface area (Å²) in [4.78, 5) is 23.1. The van der Waals surface area contributed by atoms with Crippen LogP contribution in [-0.4, -0.2) is 64.0 Å². The van der Waals surface area contributed by atoms with Crippen molar-refractivity contribution < 1.29 is 14.3 Å². The molecule has 1 saturated heterocycles. The van der Waals surface area contributed by atoms with E-state index in [0.29, 0.717) is 37.9 Å². The van der Waals surface area contributed by atoms with Gasteiger partial charge in [0, 0.05) is 37.1 Å². The van der Waals surface area contributed by atoms with Crippen LogP contribution in [-0.2, 0) is 4.74 Å². The van der Waals surface area contributed by atoms with Gasteiger partial charge in [-0.05, 0) is 24.3 Å². The summed E-state index contributed by atoms with van der Waals surface area (Å²) in [5.74, 6) is 0.416. The maximum atomic E-state index is 12.9. The summed E-state index contributed by atoms with van der Waals surface area (Å²) >= 11 is 0. The predicted octanol–water partition coefficient (Wildman–Crippen LogP) is 1.81. The number of nitrogens with zero attached hydrogens (tertiary/aromatic N) is 5. The zero-order chi connectivity index (χ0) is 18.6. The van der Waals surface area contributed by atoms with E-state index in [9.17, 15) is 4.79 Å². The van der Waals surface area contributed by atoms with E-state index in [0.717, 1.165) is 16.9 Å². The van der Waals surface area contributed by atoms with Gasteiger partial charge in [0.1, 0.15) is 0 Å². The van der Waals surface area contributed by atoms with Crippen molar-refractivity contribution in [3.05, 3.63) is 54.6 Å². The lowest BCUT2D eigenvalue weighted by Gasteiger charge is -2.25. The summed E-state index contributed by atoms with van der Waals surface area (Å²) in [6.07, 6.45) is 5.10. The van der Waals surface area contributed by atoms with E-state index in [4.69, 9.17) is 9.47 Å². The zero-order valence-corrected chi connectivity index (χ0v) is 14.9. The van der Waals surface area contributed by atoms with E-state index in [1.807, 2.05) is 18.2 Å². The first-order valence-electron chi connectivity index (χ1n) is 8.64. The van der Waals surface area contributed by atoms with Gasteiger partial charge in [0.15, 0.2) is 5.69 Å². The molecule has 0 aromatic carbocycles. The fourth-order valence-electron chi connectivity index (χ4n) is 2.95. The van der Waals surface area contributed by atoms with Gasteiger partial charge in [-0.2, -0.15) is 5.10 Å². The van der Waals surface area contributed by atoms with Crippen molar-refractivity contribution >= 4 is 5.91 Å². The zero-order valence-electron chi connectivity index (χ0n) is 14.9. The highest BCUT2D eigenvalue weighted by atomic mass is 16.5. The number of morpholine rings is 1. The van der Waals surface area contributed by atoms with Gasteiger partial charge >= 0.3 is 0 Å². The molecule has 3 aromatic heterocycles. The predicted molar refractivity (Wildman–Crippen MR) is 97.9 cm³/mol. The molecule has 0 saturated carbocycles. The van der Waals surface area contributed by atoms with Crippen molar-refractivity contribution in [1.82, 2.24) is 24.6 Å². The Labute approximate surface area is 156 Å². The van der Waals surface area contributed by atoms with Gasteiger partial charge in [-0.3, -0.25) is 9.78 Å². The maximum absolute atomic E-state index is 12.9. The molecule has 1 fully saturated rings. The van der Waals surface area contributed by atoms with E-state index in [2.05, 4.69) is 15.1 Å². The van der Waals surface area contributed by atoms with Crippen LogP contribution in [0.3, 0.4) is 0 Å². The summed E-state index contributed by atoms with van der Waals surface area (Å²) < 4.78 is 12.2. The van der Waals surface area contributed by atoms with Crippen LogP contribution in [0, 0.1) is 0 Å². The molecule has 4 heterocycles. The Kier molecular flexibility index (Phi) is 4.80. The van der Waals surface area contributed by atoms with Crippen molar-refractivity contribution in [3.63, 3.8) is 0 Å². The Bertz CT molecular complexity index is 918. The van der Waals surface area contributed by atoms with Gasteiger partial charge in [0.2, 0.25) is 5.88 Å². The van der Waals surface area contributed by atoms with E-state index in [1.165, 1.54) is 0 Å². The molecule has 138 valence electrons. The first-order chi connectivity index (χ1) is 13.3. The largest absolute Gasteiger partial charge is 0.481 e.